The third-order valence-electron chi connectivity index (χ3n) is 5.01. The molecule has 0 saturated heterocycles. The maximum atomic E-state index is 7.44. The van der Waals surface area contributed by atoms with Crippen molar-refractivity contribution in [1.29, 1.82) is 5.53 Å². The van der Waals surface area contributed by atoms with Gasteiger partial charge in [0.15, 0.2) is 0 Å². The Morgan fingerprint density at radius 3 is 2.50 bits per heavy atom. The molecule has 1 aromatic rings. The zero-order chi connectivity index (χ0) is 20.5. The van der Waals surface area contributed by atoms with E-state index in [-0.39, 0.29) is 6.04 Å². The van der Waals surface area contributed by atoms with E-state index in [0.29, 0.717) is 12.5 Å². The van der Waals surface area contributed by atoms with Gasteiger partial charge in [-0.2, -0.15) is 5.11 Å². The molecule has 0 radical (unpaired) electrons. The van der Waals surface area contributed by atoms with Gasteiger partial charge in [-0.05, 0) is 62.6 Å². The Balaban J connectivity index is 2.27. The molecular weight excluding hydrogens is 344 g/mol. The normalized spacial score (nSPS) is 14.3. The maximum absolute atomic E-state index is 7.44. The number of nitrogens with one attached hydrogen (secondary N) is 1. The summed E-state index contributed by atoms with van der Waals surface area (Å²) in [5, 5.41) is 3.78. The number of rotatable bonds is 16. The van der Waals surface area contributed by atoms with Crippen LogP contribution in [0.25, 0.3) is 0 Å². The first kappa shape index (κ1) is 24.2. The summed E-state index contributed by atoms with van der Waals surface area (Å²) in [4.78, 5) is 9.38. The Kier molecular flexibility index (Phi) is 14.0. The second-order valence-corrected chi connectivity index (χ2v) is 7.80. The molecule has 156 valence electrons. The molecule has 1 aromatic carbocycles. The summed E-state index contributed by atoms with van der Waals surface area (Å²) in [5.74, 6) is 0.541. The summed E-state index contributed by atoms with van der Waals surface area (Å²) in [6.45, 7) is 8.26. The van der Waals surface area contributed by atoms with Crippen molar-refractivity contribution in [2.45, 2.75) is 84.6 Å². The van der Waals surface area contributed by atoms with E-state index >= 15 is 0 Å². The van der Waals surface area contributed by atoms with Crippen molar-refractivity contribution in [3.8, 4) is 0 Å². The van der Waals surface area contributed by atoms with Gasteiger partial charge < -0.3 is 0 Å². The van der Waals surface area contributed by atoms with Crippen molar-refractivity contribution < 1.29 is 0 Å². The fraction of sp³-hybridized carbons (Fsp3) is 0.667. The van der Waals surface area contributed by atoms with Crippen LogP contribution in [0, 0.1) is 11.4 Å². The van der Waals surface area contributed by atoms with E-state index in [1.165, 1.54) is 30.5 Å². The topological polar surface area (TPSA) is 60.9 Å². The smallest absolute Gasteiger partial charge is 0.0900 e. The molecule has 0 aliphatic carbocycles. The molecule has 0 aromatic heterocycles. The number of unbranched alkanes of at least 4 members (excludes halogenated alkanes) is 1. The molecule has 4 heteroatoms. The molecule has 0 amide bonds. The average Bonchev–Trinajstić information content (AvgIpc) is 2.72. The lowest BCUT2D eigenvalue weighted by Gasteiger charge is -2.13. The summed E-state index contributed by atoms with van der Waals surface area (Å²) in [5.41, 5.74) is 10.2. The van der Waals surface area contributed by atoms with Crippen molar-refractivity contribution >= 4 is 11.9 Å². The van der Waals surface area contributed by atoms with Crippen LogP contribution in [-0.4, -0.2) is 31.1 Å². The fourth-order valence-corrected chi connectivity index (χ4v) is 3.17. The minimum absolute atomic E-state index is 0.00890. The van der Waals surface area contributed by atoms with E-state index in [2.05, 4.69) is 55.1 Å². The number of hydrogen-bond donors (Lipinski definition) is 1. The molecule has 0 bridgehead atoms. The molecule has 0 spiro atoms. The molecule has 28 heavy (non-hydrogen) atoms. The zero-order valence-corrected chi connectivity index (χ0v) is 18.2. The molecular formula is C24H40N4. The van der Waals surface area contributed by atoms with Gasteiger partial charge in [0.1, 0.15) is 0 Å². The highest BCUT2D eigenvalue weighted by molar-refractivity contribution is 5.84. The average molecular weight is 385 g/mol. The van der Waals surface area contributed by atoms with Gasteiger partial charge in [0, 0.05) is 12.3 Å². The van der Waals surface area contributed by atoms with Gasteiger partial charge in [0.05, 0.1) is 12.6 Å². The van der Waals surface area contributed by atoms with Crippen LogP contribution in [0.3, 0.4) is 0 Å². The SMILES string of the molecule is CCCCC(CCC)=NCC(C)CCC(CN=CCCc1ccccc1)N=N. The first-order chi connectivity index (χ1) is 13.7. The lowest BCUT2D eigenvalue weighted by Crippen LogP contribution is -2.12. The Labute approximate surface area is 172 Å². The first-order valence-electron chi connectivity index (χ1n) is 11.1. The third-order valence-corrected chi connectivity index (χ3v) is 5.01. The predicted molar refractivity (Wildman–Crippen MR) is 122 cm³/mol. The van der Waals surface area contributed by atoms with Crippen molar-refractivity contribution in [2.75, 3.05) is 13.1 Å². The highest BCUT2D eigenvalue weighted by Gasteiger charge is 2.09. The van der Waals surface area contributed by atoms with Crippen molar-refractivity contribution in [2.24, 2.45) is 21.0 Å². The highest BCUT2D eigenvalue weighted by atomic mass is 15.0. The van der Waals surface area contributed by atoms with E-state index < -0.39 is 0 Å². The summed E-state index contributed by atoms with van der Waals surface area (Å²) >= 11 is 0. The highest BCUT2D eigenvalue weighted by Crippen LogP contribution is 2.13. The molecule has 0 aliphatic rings. The van der Waals surface area contributed by atoms with Gasteiger partial charge in [-0.25, -0.2) is 5.53 Å². The quantitative estimate of drug-likeness (QED) is 0.237. The van der Waals surface area contributed by atoms with Crippen LogP contribution >= 0.6 is 0 Å². The summed E-state index contributed by atoms with van der Waals surface area (Å²) in [6.07, 6.45) is 11.9. The fourth-order valence-electron chi connectivity index (χ4n) is 3.17. The Hall–Kier alpha value is -1.84. The van der Waals surface area contributed by atoms with Crippen LogP contribution in [-0.2, 0) is 6.42 Å². The van der Waals surface area contributed by atoms with Crippen molar-refractivity contribution in [3.05, 3.63) is 35.9 Å². The van der Waals surface area contributed by atoms with Gasteiger partial charge in [0.25, 0.3) is 0 Å². The maximum Gasteiger partial charge on any atom is 0.0900 e. The Bertz CT molecular complexity index is 565. The molecule has 2 unspecified atom stereocenters. The minimum Gasteiger partial charge on any atom is -0.295 e. The summed E-state index contributed by atoms with van der Waals surface area (Å²) in [6, 6.07) is 10.5. The lowest BCUT2D eigenvalue weighted by molar-refractivity contribution is 0.468. The van der Waals surface area contributed by atoms with E-state index in [4.69, 9.17) is 10.5 Å². The van der Waals surface area contributed by atoms with Crippen LogP contribution in [0.1, 0.15) is 77.7 Å². The third kappa shape index (κ3) is 11.8. The van der Waals surface area contributed by atoms with Crippen LogP contribution in [0.4, 0.5) is 0 Å². The van der Waals surface area contributed by atoms with E-state index in [1.807, 2.05) is 12.3 Å². The van der Waals surface area contributed by atoms with Crippen LogP contribution in [0.15, 0.2) is 45.4 Å². The molecule has 1 N–H and O–H groups in total. The predicted octanol–water partition coefficient (Wildman–Crippen LogP) is 6.94. The molecule has 0 aliphatic heterocycles. The summed E-state index contributed by atoms with van der Waals surface area (Å²) < 4.78 is 0. The van der Waals surface area contributed by atoms with Gasteiger partial charge in [-0.15, -0.1) is 0 Å². The van der Waals surface area contributed by atoms with Crippen LogP contribution in [0.2, 0.25) is 0 Å². The number of hydrogen-bond acceptors (Lipinski definition) is 4. The second-order valence-electron chi connectivity index (χ2n) is 7.80. The molecule has 0 saturated carbocycles. The van der Waals surface area contributed by atoms with E-state index in [9.17, 15) is 0 Å². The minimum atomic E-state index is 0.00890. The Morgan fingerprint density at radius 1 is 1.04 bits per heavy atom. The first-order valence-corrected chi connectivity index (χ1v) is 11.1. The molecule has 0 fully saturated rings. The van der Waals surface area contributed by atoms with Gasteiger partial charge in [-0.3, -0.25) is 9.98 Å². The standard InChI is InChI=1S/C24H40N4/c1-4-6-15-23(11-5-2)27-19-21(3)16-17-24(28-25)20-26-18-10-14-22-12-8-7-9-13-22/h7-9,12-13,18,21,24-25H,4-6,10-11,14-17,19-20H2,1-3H3. The Morgan fingerprint density at radius 2 is 1.82 bits per heavy atom. The van der Waals surface area contributed by atoms with Crippen molar-refractivity contribution in [1.82, 2.24) is 0 Å². The van der Waals surface area contributed by atoms with Crippen LogP contribution in [0.5, 0.6) is 0 Å². The number of aryl methyl sites for hydroxylation is 1. The lowest BCUT2D eigenvalue weighted by atomic mass is 10.0. The number of benzene rings is 1. The van der Waals surface area contributed by atoms with Crippen LogP contribution < -0.4 is 0 Å². The van der Waals surface area contributed by atoms with Crippen molar-refractivity contribution in [3.63, 3.8) is 0 Å². The van der Waals surface area contributed by atoms with Gasteiger partial charge >= 0.3 is 0 Å². The monoisotopic (exact) mass is 384 g/mol. The zero-order valence-electron chi connectivity index (χ0n) is 18.2. The largest absolute Gasteiger partial charge is 0.295 e. The second kappa shape index (κ2) is 16.1. The summed E-state index contributed by atoms with van der Waals surface area (Å²) in [7, 11) is 0. The van der Waals surface area contributed by atoms with Gasteiger partial charge in [0.2, 0.25) is 0 Å². The molecule has 1 rings (SSSR count). The van der Waals surface area contributed by atoms with Gasteiger partial charge in [-0.1, -0.05) is 63.9 Å². The number of nitrogens with zero attached hydrogens (tertiary/aromatic N) is 3. The molecule has 4 nitrogen and oxygen atoms in total. The molecule has 2 atom stereocenters. The number of aliphatic imine (C=N–C) groups is 2. The van der Waals surface area contributed by atoms with E-state index in [1.54, 1.807) is 0 Å². The molecule has 0 heterocycles. The van der Waals surface area contributed by atoms with E-state index in [0.717, 1.165) is 45.1 Å².